The summed E-state index contributed by atoms with van der Waals surface area (Å²) in [6.07, 6.45) is 0. The Labute approximate surface area is 131 Å². The fourth-order valence-electron chi connectivity index (χ4n) is 2.72. The third-order valence-electron chi connectivity index (χ3n) is 3.88. The van der Waals surface area contributed by atoms with E-state index in [0.29, 0.717) is 16.7 Å². The lowest BCUT2D eigenvalue weighted by molar-refractivity contribution is 0.0619. The van der Waals surface area contributed by atoms with E-state index >= 15 is 0 Å². The van der Waals surface area contributed by atoms with Gasteiger partial charge in [-0.2, -0.15) is 0 Å². The first-order valence-corrected chi connectivity index (χ1v) is 7.12. The molecule has 0 N–H and O–H groups in total. The van der Waals surface area contributed by atoms with Gasteiger partial charge in [0.25, 0.3) is 11.8 Å². The Bertz CT molecular complexity index is 902. The molecule has 1 aliphatic heterocycles. The fraction of sp³-hybridized carbons (Fsp3) is 0.0556. The molecule has 2 heterocycles. The molecular formula is C18H11NO4. The largest absolute Gasteiger partial charge is 0.453 e. The standard InChI is InChI=1S/C18H11NO4/c20-14(16-9-11-5-1-4-8-15(11)23-16)10-19-17(21)12-6-2-3-7-13(12)18(19)22/h1-9H,10H2. The van der Waals surface area contributed by atoms with Gasteiger partial charge < -0.3 is 4.42 Å². The van der Waals surface area contributed by atoms with Crippen LogP contribution in [0.15, 0.2) is 59.0 Å². The minimum Gasteiger partial charge on any atom is -0.453 e. The number of para-hydroxylation sites is 1. The SMILES string of the molecule is O=C(CN1C(=O)c2ccccc2C1=O)c1cc2ccccc2o1. The molecular weight excluding hydrogens is 294 g/mol. The van der Waals surface area contributed by atoms with Gasteiger partial charge in [0.05, 0.1) is 17.7 Å². The van der Waals surface area contributed by atoms with Crippen molar-refractivity contribution in [1.82, 2.24) is 4.90 Å². The molecule has 4 rings (SSSR count). The van der Waals surface area contributed by atoms with Gasteiger partial charge in [0.1, 0.15) is 5.58 Å². The number of carbonyl (C=O) groups excluding carboxylic acids is 3. The van der Waals surface area contributed by atoms with Crippen LogP contribution in [0.2, 0.25) is 0 Å². The van der Waals surface area contributed by atoms with Crippen molar-refractivity contribution in [3.8, 4) is 0 Å². The molecule has 0 unspecified atom stereocenters. The fourth-order valence-corrected chi connectivity index (χ4v) is 2.72. The van der Waals surface area contributed by atoms with Gasteiger partial charge in [-0.05, 0) is 24.3 Å². The number of furan rings is 1. The number of amides is 2. The summed E-state index contributed by atoms with van der Waals surface area (Å²) >= 11 is 0. The minimum absolute atomic E-state index is 0.141. The van der Waals surface area contributed by atoms with Crippen molar-refractivity contribution in [3.63, 3.8) is 0 Å². The summed E-state index contributed by atoms with van der Waals surface area (Å²) in [6.45, 7) is -0.327. The second-order valence-corrected chi connectivity index (χ2v) is 5.31. The highest BCUT2D eigenvalue weighted by Gasteiger charge is 2.36. The zero-order valence-corrected chi connectivity index (χ0v) is 12.0. The van der Waals surface area contributed by atoms with Crippen molar-refractivity contribution in [2.24, 2.45) is 0 Å². The number of nitrogens with zero attached hydrogens (tertiary/aromatic N) is 1. The maximum absolute atomic E-state index is 12.4. The van der Waals surface area contributed by atoms with Crippen LogP contribution >= 0.6 is 0 Å². The molecule has 0 bridgehead atoms. The molecule has 0 spiro atoms. The molecule has 1 aromatic heterocycles. The van der Waals surface area contributed by atoms with Gasteiger partial charge in [-0.1, -0.05) is 30.3 Å². The van der Waals surface area contributed by atoms with Crippen LogP contribution in [-0.2, 0) is 0 Å². The molecule has 0 fully saturated rings. The third kappa shape index (κ3) is 2.05. The molecule has 2 amide bonds. The lowest BCUT2D eigenvalue weighted by Gasteiger charge is -2.11. The van der Waals surface area contributed by atoms with Crippen LogP contribution in [0.3, 0.4) is 0 Å². The van der Waals surface area contributed by atoms with Crippen LogP contribution in [0.25, 0.3) is 11.0 Å². The van der Waals surface area contributed by atoms with E-state index in [0.717, 1.165) is 10.3 Å². The number of fused-ring (bicyclic) bond motifs is 2. The highest BCUT2D eigenvalue weighted by atomic mass is 16.3. The number of ketones is 1. The molecule has 0 saturated heterocycles. The third-order valence-corrected chi connectivity index (χ3v) is 3.88. The Morgan fingerprint density at radius 1 is 0.913 bits per heavy atom. The van der Waals surface area contributed by atoms with Gasteiger partial charge >= 0.3 is 0 Å². The Balaban J connectivity index is 1.62. The Morgan fingerprint density at radius 3 is 2.17 bits per heavy atom. The van der Waals surface area contributed by atoms with Crippen LogP contribution in [0.5, 0.6) is 0 Å². The lowest BCUT2D eigenvalue weighted by Crippen LogP contribution is -2.34. The van der Waals surface area contributed by atoms with E-state index in [1.165, 1.54) is 0 Å². The molecule has 0 radical (unpaired) electrons. The predicted octanol–water partition coefficient (Wildman–Crippen LogP) is 2.91. The molecule has 1 aliphatic rings. The lowest BCUT2D eigenvalue weighted by atomic mass is 10.1. The van der Waals surface area contributed by atoms with E-state index in [4.69, 9.17) is 4.42 Å². The Hall–Kier alpha value is -3.21. The molecule has 0 atom stereocenters. The van der Waals surface area contributed by atoms with Crippen LogP contribution in [0, 0.1) is 0 Å². The van der Waals surface area contributed by atoms with Gasteiger partial charge in [-0.25, -0.2) is 0 Å². The summed E-state index contributed by atoms with van der Waals surface area (Å²) < 4.78 is 5.49. The second kappa shape index (κ2) is 4.91. The number of hydrogen-bond acceptors (Lipinski definition) is 4. The molecule has 5 heteroatoms. The average Bonchev–Trinajstić information content (AvgIpc) is 3.11. The molecule has 2 aromatic carbocycles. The Kier molecular flexibility index (Phi) is 2.87. The summed E-state index contributed by atoms with van der Waals surface area (Å²) in [5.74, 6) is -1.16. The van der Waals surface area contributed by atoms with Gasteiger partial charge in [0.2, 0.25) is 5.78 Å². The first-order chi connectivity index (χ1) is 11.1. The monoisotopic (exact) mass is 305 g/mol. The maximum Gasteiger partial charge on any atom is 0.261 e. The van der Waals surface area contributed by atoms with Crippen molar-refractivity contribution >= 4 is 28.6 Å². The summed E-state index contributed by atoms with van der Waals surface area (Å²) in [4.78, 5) is 37.9. The number of hydrogen-bond donors (Lipinski definition) is 0. The summed E-state index contributed by atoms with van der Waals surface area (Å²) in [5.41, 5.74) is 1.25. The maximum atomic E-state index is 12.4. The molecule has 5 nitrogen and oxygen atoms in total. The van der Waals surface area contributed by atoms with E-state index in [1.54, 1.807) is 36.4 Å². The van der Waals surface area contributed by atoms with Crippen molar-refractivity contribution in [2.45, 2.75) is 0 Å². The number of rotatable bonds is 3. The first kappa shape index (κ1) is 13.5. The average molecular weight is 305 g/mol. The zero-order valence-electron chi connectivity index (χ0n) is 12.0. The van der Waals surface area contributed by atoms with Crippen LogP contribution in [0.4, 0.5) is 0 Å². The number of carbonyl (C=O) groups is 3. The summed E-state index contributed by atoms with van der Waals surface area (Å²) in [6, 6.07) is 15.4. The van der Waals surface area contributed by atoms with Gasteiger partial charge in [0, 0.05) is 5.39 Å². The van der Waals surface area contributed by atoms with Crippen LogP contribution in [-0.4, -0.2) is 29.0 Å². The van der Waals surface area contributed by atoms with Gasteiger partial charge in [-0.3, -0.25) is 19.3 Å². The second-order valence-electron chi connectivity index (χ2n) is 5.31. The van der Waals surface area contributed by atoms with Gasteiger partial charge in [0.15, 0.2) is 5.76 Å². The van der Waals surface area contributed by atoms with Gasteiger partial charge in [-0.15, -0.1) is 0 Å². The Morgan fingerprint density at radius 2 is 1.52 bits per heavy atom. The van der Waals surface area contributed by atoms with Crippen molar-refractivity contribution < 1.29 is 18.8 Å². The smallest absolute Gasteiger partial charge is 0.261 e. The summed E-state index contributed by atoms with van der Waals surface area (Å²) in [7, 11) is 0. The van der Waals surface area contributed by atoms with Crippen molar-refractivity contribution in [1.29, 1.82) is 0 Å². The minimum atomic E-state index is -0.449. The van der Waals surface area contributed by atoms with Crippen molar-refractivity contribution in [2.75, 3.05) is 6.54 Å². The predicted molar refractivity (Wildman–Crippen MR) is 82.4 cm³/mol. The summed E-state index contributed by atoms with van der Waals surface area (Å²) in [5, 5.41) is 0.804. The number of benzene rings is 2. The van der Waals surface area contributed by atoms with Crippen LogP contribution < -0.4 is 0 Å². The zero-order chi connectivity index (χ0) is 16.0. The number of Topliss-reactive ketones (excluding diaryl/α,β-unsaturated/α-hetero) is 1. The molecule has 3 aromatic rings. The molecule has 0 aliphatic carbocycles. The molecule has 112 valence electrons. The number of imide groups is 1. The molecule has 23 heavy (non-hydrogen) atoms. The quantitative estimate of drug-likeness (QED) is 0.551. The highest BCUT2D eigenvalue weighted by Crippen LogP contribution is 2.24. The first-order valence-electron chi connectivity index (χ1n) is 7.12. The van der Waals surface area contributed by atoms with E-state index in [1.807, 2.05) is 18.2 Å². The van der Waals surface area contributed by atoms with Crippen molar-refractivity contribution in [3.05, 3.63) is 71.5 Å². The normalized spacial score (nSPS) is 13.7. The van der Waals surface area contributed by atoms with E-state index in [2.05, 4.69) is 0 Å². The van der Waals surface area contributed by atoms with E-state index in [-0.39, 0.29) is 12.3 Å². The van der Waals surface area contributed by atoms with E-state index in [9.17, 15) is 14.4 Å². The topological polar surface area (TPSA) is 67.6 Å². The highest BCUT2D eigenvalue weighted by molar-refractivity contribution is 6.23. The van der Waals surface area contributed by atoms with E-state index < -0.39 is 17.6 Å². The van der Waals surface area contributed by atoms with Crippen LogP contribution in [0.1, 0.15) is 31.3 Å². The molecule has 0 saturated carbocycles.